The smallest absolute Gasteiger partial charge is 0.418 e. The maximum absolute atomic E-state index is 13.3. The Balaban J connectivity index is 2.04. The van der Waals surface area contributed by atoms with Crippen molar-refractivity contribution in [3.8, 4) is 0 Å². The fourth-order valence-electron chi connectivity index (χ4n) is 4.09. The van der Waals surface area contributed by atoms with E-state index >= 15 is 0 Å². The van der Waals surface area contributed by atoms with Crippen LogP contribution in [0.1, 0.15) is 62.5 Å². The minimum Gasteiger partial charge on any atom is -0.443 e. The zero-order valence-corrected chi connectivity index (χ0v) is 21.0. The number of carbonyl (C=O) groups excluding carboxylic acids is 2. The standard InChI is InChI=1S/C26H26F6N2O4/c1-15(16-10-18(25(27,28)29)12-19(11-16)26(30,31)32)37-14-24(17-8-6-5-7-9-17)13-20(33)21(35)34(24)22(36)38-23(2,3)4/h5-12,15,33H,13-14H2,1-4H3/t15-,24-/m1/s1. The van der Waals surface area contributed by atoms with Gasteiger partial charge < -0.3 is 9.47 Å². The Morgan fingerprint density at radius 3 is 2.00 bits per heavy atom. The van der Waals surface area contributed by atoms with Gasteiger partial charge in [-0.15, -0.1) is 0 Å². The van der Waals surface area contributed by atoms with E-state index in [9.17, 15) is 35.9 Å². The van der Waals surface area contributed by atoms with Crippen molar-refractivity contribution >= 4 is 17.7 Å². The van der Waals surface area contributed by atoms with Gasteiger partial charge in [0.2, 0.25) is 0 Å². The Morgan fingerprint density at radius 2 is 1.53 bits per heavy atom. The highest BCUT2D eigenvalue weighted by Gasteiger charge is 2.55. The van der Waals surface area contributed by atoms with E-state index in [4.69, 9.17) is 14.9 Å². The maximum atomic E-state index is 13.3. The van der Waals surface area contributed by atoms with Crippen molar-refractivity contribution in [2.75, 3.05) is 6.61 Å². The van der Waals surface area contributed by atoms with E-state index in [1.807, 2.05) is 0 Å². The number of rotatable bonds is 5. The average Bonchev–Trinajstić information content (AvgIpc) is 3.06. The topological polar surface area (TPSA) is 79.7 Å². The number of halogens is 6. The molecule has 1 fully saturated rings. The summed E-state index contributed by atoms with van der Waals surface area (Å²) in [5.41, 5.74) is -6.10. The van der Waals surface area contributed by atoms with Crippen LogP contribution in [0.2, 0.25) is 0 Å². The van der Waals surface area contributed by atoms with Gasteiger partial charge in [-0.2, -0.15) is 26.3 Å². The summed E-state index contributed by atoms with van der Waals surface area (Å²) in [6.45, 7) is 5.46. The van der Waals surface area contributed by atoms with Gasteiger partial charge in [0.25, 0.3) is 5.91 Å². The van der Waals surface area contributed by atoms with Crippen LogP contribution in [0.25, 0.3) is 0 Å². The SMILES string of the molecule is C[C@@H](OC[C@@]1(c2ccccc2)CC(=N)C(=O)N1C(=O)OC(C)(C)C)c1cc(C(F)(F)F)cc(C(F)(F)F)c1. The second-order valence-electron chi connectivity index (χ2n) is 9.97. The Kier molecular flexibility index (Phi) is 7.71. The molecule has 1 N–H and O–H groups in total. The van der Waals surface area contributed by atoms with E-state index < -0.39 is 70.6 Å². The van der Waals surface area contributed by atoms with E-state index in [-0.39, 0.29) is 12.5 Å². The normalized spacial score (nSPS) is 19.6. The van der Waals surface area contributed by atoms with Crippen LogP contribution in [0.3, 0.4) is 0 Å². The number of hydrogen-bond donors (Lipinski definition) is 1. The molecule has 2 aromatic carbocycles. The molecule has 0 aromatic heterocycles. The molecule has 1 aliphatic rings. The summed E-state index contributed by atoms with van der Waals surface area (Å²) in [4.78, 5) is 26.8. The maximum Gasteiger partial charge on any atom is 0.418 e. The molecule has 0 bridgehead atoms. The first-order valence-corrected chi connectivity index (χ1v) is 11.5. The quantitative estimate of drug-likeness (QED) is 0.416. The van der Waals surface area contributed by atoms with Gasteiger partial charge in [-0.3, -0.25) is 10.2 Å². The molecule has 2 aromatic rings. The number of likely N-dealkylation sites (tertiary alicyclic amines) is 1. The molecule has 1 saturated heterocycles. The zero-order chi connectivity index (χ0) is 28.7. The minimum absolute atomic E-state index is 0.0168. The fraction of sp³-hybridized carbons (Fsp3) is 0.423. The Morgan fingerprint density at radius 1 is 1.00 bits per heavy atom. The molecule has 1 heterocycles. The molecular formula is C26H26F6N2O4. The van der Waals surface area contributed by atoms with Crippen molar-refractivity contribution in [3.05, 3.63) is 70.8 Å². The number of benzene rings is 2. The van der Waals surface area contributed by atoms with Crippen LogP contribution in [0.5, 0.6) is 0 Å². The molecule has 38 heavy (non-hydrogen) atoms. The van der Waals surface area contributed by atoms with Gasteiger partial charge in [-0.25, -0.2) is 9.69 Å². The van der Waals surface area contributed by atoms with Gasteiger partial charge in [0, 0.05) is 6.42 Å². The summed E-state index contributed by atoms with van der Waals surface area (Å²) in [5, 5.41) is 8.15. The van der Waals surface area contributed by atoms with Crippen LogP contribution in [0.4, 0.5) is 31.1 Å². The summed E-state index contributed by atoms with van der Waals surface area (Å²) < 4.78 is 91.2. The van der Waals surface area contributed by atoms with Crippen LogP contribution in [-0.2, 0) is 32.2 Å². The van der Waals surface area contributed by atoms with Gasteiger partial charge in [-0.1, -0.05) is 30.3 Å². The van der Waals surface area contributed by atoms with E-state index in [0.717, 1.165) is 4.90 Å². The van der Waals surface area contributed by atoms with Gasteiger partial charge in [0.1, 0.15) is 11.1 Å². The van der Waals surface area contributed by atoms with Crippen molar-refractivity contribution in [3.63, 3.8) is 0 Å². The van der Waals surface area contributed by atoms with Gasteiger partial charge in [0.15, 0.2) is 0 Å². The molecule has 0 unspecified atom stereocenters. The molecular weight excluding hydrogens is 518 g/mol. The summed E-state index contributed by atoms with van der Waals surface area (Å²) in [6, 6.07) is 9.17. The lowest BCUT2D eigenvalue weighted by Gasteiger charge is -2.38. The van der Waals surface area contributed by atoms with E-state index in [1.54, 1.807) is 51.1 Å². The number of alkyl halides is 6. The second kappa shape index (κ2) is 10.0. The van der Waals surface area contributed by atoms with Crippen molar-refractivity contribution in [1.82, 2.24) is 4.90 Å². The van der Waals surface area contributed by atoms with E-state index in [1.165, 1.54) is 6.92 Å². The van der Waals surface area contributed by atoms with Gasteiger partial charge in [-0.05, 0) is 57.0 Å². The van der Waals surface area contributed by atoms with Crippen molar-refractivity contribution in [2.24, 2.45) is 0 Å². The highest BCUT2D eigenvalue weighted by Crippen LogP contribution is 2.42. The van der Waals surface area contributed by atoms with Crippen LogP contribution in [0, 0.1) is 5.41 Å². The third kappa shape index (κ3) is 6.17. The van der Waals surface area contributed by atoms with E-state index in [0.29, 0.717) is 17.7 Å². The Labute approximate surface area is 215 Å². The first kappa shape index (κ1) is 29.2. The minimum atomic E-state index is -5.04. The summed E-state index contributed by atoms with van der Waals surface area (Å²) in [7, 11) is 0. The zero-order valence-electron chi connectivity index (χ0n) is 21.0. The highest BCUT2D eigenvalue weighted by molar-refractivity contribution is 6.42. The second-order valence-corrected chi connectivity index (χ2v) is 9.97. The molecule has 0 aliphatic carbocycles. The summed E-state index contributed by atoms with van der Waals surface area (Å²) >= 11 is 0. The predicted molar refractivity (Wildman–Crippen MR) is 124 cm³/mol. The Hall–Kier alpha value is -3.41. The largest absolute Gasteiger partial charge is 0.443 e. The lowest BCUT2D eigenvalue weighted by atomic mass is 9.87. The average molecular weight is 544 g/mol. The molecule has 2 atom stereocenters. The van der Waals surface area contributed by atoms with Crippen LogP contribution >= 0.6 is 0 Å². The Bertz CT molecular complexity index is 1190. The first-order valence-electron chi connectivity index (χ1n) is 11.5. The van der Waals surface area contributed by atoms with Gasteiger partial charge in [0.05, 0.1) is 29.5 Å². The molecule has 206 valence electrons. The summed E-state index contributed by atoms with van der Waals surface area (Å²) in [5.74, 6) is -0.946. The molecule has 2 amide bonds. The molecule has 0 spiro atoms. The molecule has 12 heteroatoms. The van der Waals surface area contributed by atoms with E-state index in [2.05, 4.69) is 0 Å². The van der Waals surface area contributed by atoms with Crippen LogP contribution in [-0.4, -0.2) is 34.8 Å². The predicted octanol–water partition coefficient (Wildman–Crippen LogP) is 6.88. The number of nitrogens with zero attached hydrogens (tertiary/aromatic N) is 1. The van der Waals surface area contributed by atoms with Crippen molar-refractivity contribution in [2.45, 2.75) is 63.7 Å². The lowest BCUT2D eigenvalue weighted by Crippen LogP contribution is -2.51. The van der Waals surface area contributed by atoms with Gasteiger partial charge >= 0.3 is 18.4 Å². The third-order valence-electron chi connectivity index (χ3n) is 5.90. The molecule has 1 aliphatic heterocycles. The third-order valence-corrected chi connectivity index (χ3v) is 5.90. The highest BCUT2D eigenvalue weighted by atomic mass is 19.4. The van der Waals surface area contributed by atoms with Crippen molar-refractivity contribution < 1.29 is 45.4 Å². The molecule has 0 radical (unpaired) electrons. The molecule has 6 nitrogen and oxygen atoms in total. The van der Waals surface area contributed by atoms with Crippen molar-refractivity contribution in [1.29, 1.82) is 5.41 Å². The fourth-order valence-corrected chi connectivity index (χ4v) is 4.09. The number of ether oxygens (including phenoxy) is 2. The van der Waals surface area contributed by atoms with Crippen LogP contribution in [0.15, 0.2) is 48.5 Å². The molecule has 3 rings (SSSR count). The summed E-state index contributed by atoms with van der Waals surface area (Å²) in [6.07, 6.45) is -12.8. The number of amides is 2. The molecule has 0 saturated carbocycles. The first-order chi connectivity index (χ1) is 17.3. The van der Waals surface area contributed by atoms with Crippen LogP contribution < -0.4 is 0 Å². The number of nitrogens with one attached hydrogen (secondary N) is 1. The number of imide groups is 1. The monoisotopic (exact) mass is 544 g/mol. The number of hydrogen-bond acceptors (Lipinski definition) is 5. The number of carbonyl (C=O) groups is 2. The lowest BCUT2D eigenvalue weighted by molar-refractivity contribution is -0.143.